The Balaban J connectivity index is 1.48. The lowest BCUT2D eigenvalue weighted by atomic mass is 9.85. The van der Waals surface area contributed by atoms with Crippen LogP contribution in [-0.4, -0.2) is 16.7 Å². The van der Waals surface area contributed by atoms with Gasteiger partial charge in [-0.3, -0.25) is 14.5 Å². The monoisotopic (exact) mass is 304 g/mol. The summed E-state index contributed by atoms with van der Waals surface area (Å²) in [5, 5.41) is 9.21. The van der Waals surface area contributed by atoms with E-state index in [2.05, 4.69) is 18.2 Å². The molecular weight excluding hydrogens is 288 g/mol. The van der Waals surface area contributed by atoms with Crippen molar-refractivity contribution in [2.24, 2.45) is 29.1 Å². The van der Waals surface area contributed by atoms with Crippen LogP contribution in [0.3, 0.4) is 0 Å². The van der Waals surface area contributed by atoms with Crippen LogP contribution in [0.25, 0.3) is 0 Å². The van der Waals surface area contributed by atoms with Crippen molar-refractivity contribution in [2.75, 3.05) is 0 Å². The number of amides is 2. The Bertz CT molecular complexity index is 781. The summed E-state index contributed by atoms with van der Waals surface area (Å²) in [4.78, 5) is 27.2. The largest absolute Gasteiger partial charge is 0.278 e. The van der Waals surface area contributed by atoms with Crippen molar-refractivity contribution in [3.63, 3.8) is 0 Å². The van der Waals surface area contributed by atoms with Gasteiger partial charge >= 0.3 is 0 Å². The van der Waals surface area contributed by atoms with Gasteiger partial charge in [0.05, 0.1) is 30.0 Å². The Morgan fingerprint density at radius 2 is 1.70 bits per heavy atom. The molecule has 0 N–H and O–H groups in total. The molecule has 4 nitrogen and oxygen atoms in total. The number of nitriles is 1. The molecule has 2 bridgehead atoms. The van der Waals surface area contributed by atoms with Crippen LogP contribution in [-0.2, 0) is 16.1 Å². The molecule has 2 saturated carbocycles. The average Bonchev–Trinajstić information content (AvgIpc) is 3.18. The van der Waals surface area contributed by atoms with E-state index in [1.807, 2.05) is 12.1 Å². The first-order valence-electron chi connectivity index (χ1n) is 8.19. The highest BCUT2D eigenvalue weighted by Crippen LogP contribution is 2.73. The van der Waals surface area contributed by atoms with E-state index in [4.69, 9.17) is 0 Å². The second-order valence-electron chi connectivity index (χ2n) is 7.25. The highest BCUT2D eigenvalue weighted by atomic mass is 16.2. The van der Waals surface area contributed by atoms with Crippen molar-refractivity contribution in [1.82, 2.24) is 4.90 Å². The number of nitrogens with zero attached hydrogens (tertiary/aromatic N) is 2. The van der Waals surface area contributed by atoms with Gasteiger partial charge in [-0.05, 0) is 41.7 Å². The van der Waals surface area contributed by atoms with Gasteiger partial charge in [-0.15, -0.1) is 0 Å². The van der Waals surface area contributed by atoms with Crippen molar-refractivity contribution in [3.05, 3.63) is 47.5 Å². The molecule has 1 heterocycles. The lowest BCUT2D eigenvalue weighted by molar-refractivity contribution is -0.141. The molecule has 5 rings (SSSR count). The van der Waals surface area contributed by atoms with Crippen LogP contribution >= 0.6 is 0 Å². The number of carbonyl (C=O) groups is 2. The van der Waals surface area contributed by atoms with E-state index >= 15 is 0 Å². The van der Waals surface area contributed by atoms with Gasteiger partial charge in [0.15, 0.2) is 0 Å². The van der Waals surface area contributed by atoms with Crippen molar-refractivity contribution < 1.29 is 9.59 Å². The van der Waals surface area contributed by atoms with Gasteiger partial charge in [0, 0.05) is 0 Å². The molecule has 2 amide bonds. The lowest BCUT2D eigenvalue weighted by Crippen LogP contribution is -2.34. The van der Waals surface area contributed by atoms with Crippen LogP contribution in [0.2, 0.25) is 0 Å². The Labute approximate surface area is 134 Å². The molecule has 1 spiro atoms. The minimum absolute atomic E-state index is 0.0316. The number of hydrogen-bond donors (Lipinski definition) is 0. The summed E-state index contributed by atoms with van der Waals surface area (Å²) in [5.41, 5.74) is 1.51. The van der Waals surface area contributed by atoms with E-state index < -0.39 is 0 Å². The lowest BCUT2D eigenvalue weighted by Gasteiger charge is -2.22. The number of fused-ring (bicyclic) bond motifs is 3. The maximum atomic E-state index is 12.9. The maximum Gasteiger partial charge on any atom is 0.234 e. The third-order valence-corrected chi connectivity index (χ3v) is 6.41. The third kappa shape index (κ3) is 1.45. The molecule has 0 unspecified atom stereocenters. The molecule has 3 fully saturated rings. The fourth-order valence-electron chi connectivity index (χ4n) is 5.23. The summed E-state index contributed by atoms with van der Waals surface area (Å²) in [5.74, 6) is 0.130. The molecule has 1 aliphatic heterocycles. The van der Waals surface area contributed by atoms with Crippen LogP contribution in [0.1, 0.15) is 24.0 Å². The zero-order valence-electron chi connectivity index (χ0n) is 12.6. The van der Waals surface area contributed by atoms with Gasteiger partial charge in [0.2, 0.25) is 11.8 Å². The predicted molar refractivity (Wildman–Crippen MR) is 81.5 cm³/mol. The molecule has 23 heavy (non-hydrogen) atoms. The molecule has 0 aromatic heterocycles. The molecule has 114 valence electrons. The van der Waals surface area contributed by atoms with E-state index in [0.29, 0.717) is 5.56 Å². The van der Waals surface area contributed by atoms with E-state index in [1.165, 1.54) is 4.90 Å². The van der Waals surface area contributed by atoms with Crippen molar-refractivity contribution in [3.8, 4) is 6.07 Å². The van der Waals surface area contributed by atoms with E-state index in [9.17, 15) is 14.9 Å². The van der Waals surface area contributed by atoms with Crippen molar-refractivity contribution in [1.29, 1.82) is 5.26 Å². The summed E-state index contributed by atoms with van der Waals surface area (Å²) in [6.07, 6.45) is 6.66. The topological polar surface area (TPSA) is 61.2 Å². The quantitative estimate of drug-likeness (QED) is 0.622. The standard InChI is InChI=1S/C19H16N2O2/c20-9-11-3-1-2-4-12(11)10-21-17(22)15-13-5-6-14(16(15)18(21)23)19(13)7-8-19/h1-6,13-16H,7-8,10H2/t13-,14-,15+,16+/m1/s1. The van der Waals surface area contributed by atoms with Gasteiger partial charge in [-0.25, -0.2) is 0 Å². The zero-order valence-corrected chi connectivity index (χ0v) is 12.6. The van der Waals surface area contributed by atoms with Crippen molar-refractivity contribution >= 4 is 11.8 Å². The summed E-state index contributed by atoms with van der Waals surface area (Å²) >= 11 is 0. The van der Waals surface area contributed by atoms with E-state index in [-0.39, 0.29) is 47.4 Å². The fourth-order valence-corrected chi connectivity index (χ4v) is 5.23. The molecule has 0 radical (unpaired) electrons. The summed E-state index contributed by atoms with van der Waals surface area (Å²) in [6.45, 7) is 0.223. The van der Waals surface area contributed by atoms with Crippen LogP contribution in [0.5, 0.6) is 0 Å². The minimum atomic E-state index is -0.158. The number of carbonyl (C=O) groups excluding carboxylic acids is 2. The average molecular weight is 304 g/mol. The smallest absolute Gasteiger partial charge is 0.234 e. The first kappa shape index (κ1) is 13.1. The summed E-state index contributed by atoms with van der Waals surface area (Å²) in [6, 6.07) is 9.33. The Morgan fingerprint density at radius 3 is 2.26 bits per heavy atom. The van der Waals surface area contributed by atoms with Gasteiger partial charge in [-0.1, -0.05) is 30.4 Å². The maximum absolute atomic E-state index is 12.9. The van der Waals surface area contributed by atoms with Gasteiger partial charge < -0.3 is 0 Å². The SMILES string of the molecule is N#Cc1ccccc1CN1C(=O)[C@@H]2[C@@H](C1=O)[C@H]1C=C[C@H]2C12CC2. The highest BCUT2D eigenvalue weighted by Gasteiger charge is 2.73. The Morgan fingerprint density at radius 1 is 1.09 bits per heavy atom. The van der Waals surface area contributed by atoms with Crippen LogP contribution in [0.15, 0.2) is 36.4 Å². The Kier molecular flexibility index (Phi) is 2.33. The number of hydrogen-bond acceptors (Lipinski definition) is 3. The summed E-state index contributed by atoms with van der Waals surface area (Å²) < 4.78 is 0. The molecule has 4 atom stereocenters. The van der Waals surface area contributed by atoms with Crippen LogP contribution < -0.4 is 0 Å². The van der Waals surface area contributed by atoms with Crippen molar-refractivity contribution in [2.45, 2.75) is 19.4 Å². The molecule has 3 aliphatic carbocycles. The fraction of sp³-hybridized carbons (Fsp3) is 0.421. The molecule has 1 aromatic carbocycles. The number of benzene rings is 1. The molecule has 4 aliphatic rings. The van der Waals surface area contributed by atoms with Gasteiger partial charge in [0.25, 0.3) is 0 Å². The number of allylic oxidation sites excluding steroid dienone is 2. The first-order chi connectivity index (χ1) is 11.2. The molecular formula is C19H16N2O2. The number of imide groups is 1. The number of likely N-dealkylation sites (tertiary alicyclic amines) is 1. The van der Waals surface area contributed by atoms with Gasteiger partial charge in [-0.2, -0.15) is 5.26 Å². The molecule has 4 heteroatoms. The zero-order chi connectivity index (χ0) is 15.8. The second kappa shape index (κ2) is 4.11. The molecule has 1 saturated heterocycles. The third-order valence-electron chi connectivity index (χ3n) is 6.41. The number of rotatable bonds is 2. The predicted octanol–water partition coefficient (Wildman–Crippen LogP) is 2.26. The van der Waals surface area contributed by atoms with Crippen LogP contribution in [0, 0.1) is 40.4 Å². The first-order valence-corrected chi connectivity index (χ1v) is 8.19. The molecule has 1 aromatic rings. The summed E-state index contributed by atoms with van der Waals surface area (Å²) in [7, 11) is 0. The highest BCUT2D eigenvalue weighted by molar-refractivity contribution is 6.06. The van der Waals surface area contributed by atoms with E-state index in [0.717, 1.165) is 18.4 Å². The van der Waals surface area contributed by atoms with Crippen LogP contribution in [0.4, 0.5) is 0 Å². The second-order valence-corrected chi connectivity index (χ2v) is 7.25. The van der Waals surface area contributed by atoms with Gasteiger partial charge in [0.1, 0.15) is 0 Å². The minimum Gasteiger partial charge on any atom is -0.278 e. The van der Waals surface area contributed by atoms with E-state index in [1.54, 1.807) is 12.1 Å². The Hall–Kier alpha value is -2.41. The normalized spacial score (nSPS) is 35.0.